The number of carbonyl (C=O) groups is 2. The standard InChI is InChI=1S/C19H15BCl2F6N2O4/c21-12-1-2-14(22)13(7-12)16(31)30-15(17(32)29-8-20(33)34)5-9-3-10(18(23,24)25)6-11(4-9)19(26,27)28/h1-4,6-7,15,33-34H,5,8H2,(H,29,32)(H,30,31)/t15-/m0/s1. The van der Waals surface area contributed by atoms with Gasteiger partial charge in [-0.1, -0.05) is 23.2 Å². The van der Waals surface area contributed by atoms with Gasteiger partial charge in [-0.25, -0.2) is 0 Å². The number of benzene rings is 2. The molecule has 184 valence electrons. The fourth-order valence-electron chi connectivity index (χ4n) is 2.80. The van der Waals surface area contributed by atoms with Crippen LogP contribution >= 0.6 is 23.2 Å². The third-order valence-corrected chi connectivity index (χ3v) is 4.91. The summed E-state index contributed by atoms with van der Waals surface area (Å²) in [6, 6.07) is 2.78. The van der Waals surface area contributed by atoms with Crippen molar-refractivity contribution in [3.63, 3.8) is 0 Å². The molecule has 0 heterocycles. The number of carbonyl (C=O) groups excluding carboxylic acids is 2. The summed E-state index contributed by atoms with van der Waals surface area (Å²) in [7, 11) is -2.01. The highest BCUT2D eigenvalue weighted by Gasteiger charge is 2.37. The van der Waals surface area contributed by atoms with Gasteiger partial charge < -0.3 is 20.7 Å². The van der Waals surface area contributed by atoms with Gasteiger partial charge in [-0.2, -0.15) is 26.3 Å². The Kier molecular flexibility index (Phi) is 8.86. The SMILES string of the molecule is O=C(N[C@@H](Cc1cc(C(F)(F)F)cc(C(F)(F)F)c1)C(=O)NCB(O)O)c1cc(Cl)ccc1Cl. The van der Waals surface area contributed by atoms with E-state index < -0.39 is 66.9 Å². The lowest BCUT2D eigenvalue weighted by Gasteiger charge is -2.21. The molecule has 0 aliphatic carbocycles. The topological polar surface area (TPSA) is 98.7 Å². The first kappa shape index (κ1) is 27.8. The molecule has 0 fully saturated rings. The first-order chi connectivity index (χ1) is 15.6. The van der Waals surface area contributed by atoms with E-state index in [-0.39, 0.29) is 21.7 Å². The maximum atomic E-state index is 13.2. The van der Waals surface area contributed by atoms with E-state index in [1.165, 1.54) is 12.1 Å². The zero-order valence-corrected chi connectivity index (χ0v) is 18.3. The lowest BCUT2D eigenvalue weighted by atomic mass is 9.92. The molecule has 0 radical (unpaired) electrons. The van der Waals surface area contributed by atoms with Crippen LogP contribution in [-0.2, 0) is 23.6 Å². The summed E-state index contributed by atoms with van der Waals surface area (Å²) in [6.45, 7) is 0. The van der Waals surface area contributed by atoms with Crippen LogP contribution < -0.4 is 10.6 Å². The summed E-state index contributed by atoms with van der Waals surface area (Å²) in [6.07, 6.45) is -11.8. The van der Waals surface area contributed by atoms with Crippen LogP contribution in [0.1, 0.15) is 27.0 Å². The van der Waals surface area contributed by atoms with Crippen molar-refractivity contribution >= 4 is 42.1 Å². The van der Waals surface area contributed by atoms with E-state index in [4.69, 9.17) is 33.2 Å². The van der Waals surface area contributed by atoms with E-state index in [1.807, 2.05) is 5.32 Å². The van der Waals surface area contributed by atoms with Gasteiger partial charge in [0.1, 0.15) is 6.04 Å². The Bertz CT molecular complexity index is 1030. The number of nitrogens with one attached hydrogen (secondary N) is 2. The van der Waals surface area contributed by atoms with Gasteiger partial charge in [-0.3, -0.25) is 9.59 Å². The summed E-state index contributed by atoms with van der Waals surface area (Å²) in [5, 5.41) is 22.0. The highest BCUT2D eigenvalue weighted by Crippen LogP contribution is 2.36. The Morgan fingerprint density at radius 3 is 2.00 bits per heavy atom. The van der Waals surface area contributed by atoms with Crippen molar-refractivity contribution in [1.29, 1.82) is 0 Å². The average molecular weight is 531 g/mol. The molecular formula is C19H15BCl2F6N2O4. The number of amides is 2. The van der Waals surface area contributed by atoms with Gasteiger partial charge in [0.25, 0.3) is 5.91 Å². The van der Waals surface area contributed by atoms with Gasteiger partial charge in [-0.15, -0.1) is 0 Å². The highest BCUT2D eigenvalue weighted by atomic mass is 35.5. The van der Waals surface area contributed by atoms with Crippen molar-refractivity contribution in [2.24, 2.45) is 0 Å². The Morgan fingerprint density at radius 2 is 1.50 bits per heavy atom. The Hall–Kier alpha value is -2.48. The van der Waals surface area contributed by atoms with Gasteiger partial charge in [0.2, 0.25) is 5.91 Å². The molecule has 0 saturated carbocycles. The van der Waals surface area contributed by atoms with Gasteiger partial charge >= 0.3 is 19.5 Å². The normalized spacial score (nSPS) is 12.8. The van der Waals surface area contributed by atoms with Crippen LogP contribution in [0.2, 0.25) is 10.0 Å². The molecule has 0 aliphatic rings. The fourth-order valence-corrected chi connectivity index (χ4v) is 3.18. The van der Waals surface area contributed by atoms with Gasteiger partial charge in [0.15, 0.2) is 0 Å². The van der Waals surface area contributed by atoms with E-state index in [1.54, 1.807) is 0 Å². The molecule has 15 heteroatoms. The minimum Gasteiger partial charge on any atom is -0.426 e. The van der Waals surface area contributed by atoms with Crippen molar-refractivity contribution in [2.75, 3.05) is 6.44 Å². The summed E-state index contributed by atoms with van der Waals surface area (Å²) in [5.74, 6) is -2.11. The van der Waals surface area contributed by atoms with Crippen molar-refractivity contribution in [1.82, 2.24) is 10.6 Å². The molecule has 2 aromatic rings. The second-order valence-corrected chi connectivity index (χ2v) is 7.84. The van der Waals surface area contributed by atoms with E-state index in [2.05, 4.69) is 5.32 Å². The molecule has 0 aromatic heterocycles. The molecule has 2 rings (SSSR count). The first-order valence-corrected chi connectivity index (χ1v) is 10.0. The van der Waals surface area contributed by atoms with Crippen molar-refractivity contribution in [2.45, 2.75) is 24.8 Å². The molecule has 0 bridgehead atoms. The molecule has 2 aromatic carbocycles. The minimum absolute atomic E-state index is 0.0784. The third kappa shape index (κ3) is 7.79. The second kappa shape index (κ2) is 10.8. The van der Waals surface area contributed by atoms with Crippen LogP contribution in [0.25, 0.3) is 0 Å². The van der Waals surface area contributed by atoms with Crippen LogP contribution in [0.3, 0.4) is 0 Å². The number of alkyl halides is 6. The lowest BCUT2D eigenvalue weighted by Crippen LogP contribution is -2.50. The summed E-state index contributed by atoms with van der Waals surface area (Å²) >= 11 is 11.7. The molecule has 1 atom stereocenters. The van der Waals surface area contributed by atoms with Crippen LogP contribution in [0.15, 0.2) is 36.4 Å². The van der Waals surface area contributed by atoms with Gasteiger partial charge in [-0.05, 0) is 42.0 Å². The fraction of sp³-hybridized carbons (Fsp3) is 0.263. The molecule has 34 heavy (non-hydrogen) atoms. The zero-order chi connectivity index (χ0) is 25.8. The Morgan fingerprint density at radius 1 is 0.941 bits per heavy atom. The van der Waals surface area contributed by atoms with Crippen LogP contribution in [-0.4, -0.2) is 41.5 Å². The zero-order valence-electron chi connectivity index (χ0n) is 16.8. The van der Waals surface area contributed by atoms with Gasteiger partial charge in [0, 0.05) is 11.4 Å². The molecule has 0 aliphatic heterocycles. The van der Waals surface area contributed by atoms with Crippen LogP contribution in [0, 0.1) is 0 Å². The smallest absolute Gasteiger partial charge is 0.426 e. The molecule has 0 unspecified atom stereocenters. The van der Waals surface area contributed by atoms with Crippen molar-refractivity contribution in [3.05, 3.63) is 68.7 Å². The monoisotopic (exact) mass is 530 g/mol. The van der Waals surface area contributed by atoms with Crippen LogP contribution in [0.5, 0.6) is 0 Å². The summed E-state index contributed by atoms with van der Waals surface area (Å²) < 4.78 is 78.9. The molecule has 0 saturated heterocycles. The summed E-state index contributed by atoms with van der Waals surface area (Å²) in [4.78, 5) is 25.1. The maximum Gasteiger partial charge on any atom is 0.472 e. The molecule has 2 amide bonds. The predicted octanol–water partition coefficient (Wildman–Crippen LogP) is 3.50. The number of halogens is 8. The van der Waals surface area contributed by atoms with Crippen LogP contribution in [0.4, 0.5) is 26.3 Å². The third-order valence-electron chi connectivity index (χ3n) is 4.34. The Labute approximate surface area is 199 Å². The summed E-state index contributed by atoms with van der Waals surface area (Å²) in [5.41, 5.74) is -3.99. The van der Waals surface area contributed by atoms with Crippen molar-refractivity contribution in [3.8, 4) is 0 Å². The quantitative estimate of drug-likeness (QED) is 0.325. The molecule has 4 N–H and O–H groups in total. The Balaban J connectivity index is 2.44. The lowest BCUT2D eigenvalue weighted by molar-refractivity contribution is -0.143. The highest BCUT2D eigenvalue weighted by molar-refractivity contribution is 6.41. The van der Waals surface area contributed by atoms with Crippen molar-refractivity contribution < 1.29 is 46.0 Å². The van der Waals surface area contributed by atoms with Gasteiger partial charge in [0.05, 0.1) is 28.2 Å². The maximum absolute atomic E-state index is 13.2. The predicted molar refractivity (Wildman–Crippen MR) is 111 cm³/mol. The number of hydrogen-bond donors (Lipinski definition) is 4. The number of hydrogen-bond acceptors (Lipinski definition) is 4. The first-order valence-electron chi connectivity index (χ1n) is 9.26. The minimum atomic E-state index is -5.12. The van der Waals surface area contributed by atoms with E-state index >= 15 is 0 Å². The molecule has 0 spiro atoms. The average Bonchev–Trinajstić information content (AvgIpc) is 2.71. The van der Waals surface area contributed by atoms with E-state index in [0.717, 1.165) is 6.07 Å². The second-order valence-electron chi connectivity index (χ2n) is 6.99. The molecule has 6 nitrogen and oxygen atoms in total. The largest absolute Gasteiger partial charge is 0.472 e. The number of rotatable bonds is 7. The van der Waals surface area contributed by atoms with E-state index in [9.17, 15) is 35.9 Å². The molecular weight excluding hydrogens is 516 g/mol. The van der Waals surface area contributed by atoms with E-state index in [0.29, 0.717) is 12.1 Å².